The molecule has 0 saturated heterocycles. The molecule has 0 aliphatic heterocycles. The van der Waals surface area contributed by atoms with Gasteiger partial charge in [-0.2, -0.15) is 0 Å². The molecule has 0 unspecified atom stereocenters. The first-order valence-corrected chi connectivity index (χ1v) is 5.64. The Kier molecular flexibility index (Phi) is 5.87. The summed E-state index contributed by atoms with van der Waals surface area (Å²) < 4.78 is 31.1. The minimum absolute atomic E-state index is 0.152. The SMILES string of the molecule is CCOC(=O)CNCC(=O)Nc1c(F)cccc1F. The lowest BCUT2D eigenvalue weighted by Gasteiger charge is -2.08. The molecule has 0 saturated carbocycles. The highest BCUT2D eigenvalue weighted by Crippen LogP contribution is 2.17. The molecule has 104 valence electrons. The van der Waals surface area contributed by atoms with E-state index in [2.05, 4.69) is 15.4 Å². The maximum atomic E-state index is 13.2. The highest BCUT2D eigenvalue weighted by Gasteiger charge is 2.11. The molecule has 0 aromatic heterocycles. The van der Waals surface area contributed by atoms with Crippen molar-refractivity contribution in [1.82, 2.24) is 5.32 Å². The number of benzene rings is 1. The van der Waals surface area contributed by atoms with E-state index in [-0.39, 0.29) is 19.7 Å². The van der Waals surface area contributed by atoms with E-state index in [1.54, 1.807) is 6.92 Å². The summed E-state index contributed by atoms with van der Waals surface area (Å²) in [5.41, 5.74) is -0.509. The number of amides is 1. The summed E-state index contributed by atoms with van der Waals surface area (Å²) in [7, 11) is 0. The fourth-order valence-electron chi connectivity index (χ4n) is 1.29. The van der Waals surface area contributed by atoms with Gasteiger partial charge in [0, 0.05) is 0 Å². The molecule has 0 bridgehead atoms. The number of rotatable bonds is 6. The van der Waals surface area contributed by atoms with Crippen LogP contribution < -0.4 is 10.6 Å². The second-order valence-electron chi connectivity index (χ2n) is 3.55. The molecule has 0 atom stereocenters. The van der Waals surface area contributed by atoms with E-state index in [1.807, 2.05) is 0 Å². The summed E-state index contributed by atoms with van der Waals surface area (Å²) in [4.78, 5) is 22.4. The van der Waals surface area contributed by atoms with Gasteiger partial charge in [0.25, 0.3) is 0 Å². The molecule has 0 heterocycles. The van der Waals surface area contributed by atoms with Crippen LogP contribution in [0.25, 0.3) is 0 Å². The van der Waals surface area contributed by atoms with E-state index in [4.69, 9.17) is 0 Å². The third-order valence-corrected chi connectivity index (χ3v) is 2.09. The minimum atomic E-state index is -0.862. The second-order valence-corrected chi connectivity index (χ2v) is 3.55. The third-order valence-electron chi connectivity index (χ3n) is 2.09. The number of nitrogens with one attached hydrogen (secondary N) is 2. The Morgan fingerprint density at radius 2 is 1.84 bits per heavy atom. The first kappa shape index (κ1) is 15.0. The zero-order chi connectivity index (χ0) is 14.3. The number of para-hydroxylation sites is 1. The van der Waals surface area contributed by atoms with Crippen molar-refractivity contribution in [2.24, 2.45) is 0 Å². The molecule has 1 rings (SSSR count). The average Bonchev–Trinajstić information content (AvgIpc) is 2.34. The Balaban J connectivity index is 2.41. The molecular weight excluding hydrogens is 258 g/mol. The van der Waals surface area contributed by atoms with Crippen LogP contribution in [0.1, 0.15) is 6.92 Å². The number of esters is 1. The van der Waals surface area contributed by atoms with E-state index in [9.17, 15) is 18.4 Å². The van der Waals surface area contributed by atoms with E-state index in [0.717, 1.165) is 12.1 Å². The van der Waals surface area contributed by atoms with Crippen molar-refractivity contribution in [3.63, 3.8) is 0 Å². The molecule has 1 aromatic rings. The third kappa shape index (κ3) is 5.01. The molecule has 0 radical (unpaired) electrons. The van der Waals surface area contributed by atoms with Gasteiger partial charge in [-0.1, -0.05) is 6.07 Å². The molecule has 0 aliphatic carbocycles. The fraction of sp³-hybridized carbons (Fsp3) is 0.333. The van der Waals surface area contributed by atoms with Crippen LogP contribution in [0.4, 0.5) is 14.5 Å². The number of ether oxygens (including phenoxy) is 1. The lowest BCUT2D eigenvalue weighted by atomic mass is 10.3. The van der Waals surface area contributed by atoms with Crippen molar-refractivity contribution in [1.29, 1.82) is 0 Å². The molecule has 7 heteroatoms. The Labute approximate surface area is 108 Å². The Morgan fingerprint density at radius 3 is 2.42 bits per heavy atom. The number of halogens is 2. The lowest BCUT2D eigenvalue weighted by Crippen LogP contribution is -2.33. The number of hydrogen-bond acceptors (Lipinski definition) is 4. The Hall–Kier alpha value is -2.02. The van der Waals surface area contributed by atoms with Crippen molar-refractivity contribution in [3.8, 4) is 0 Å². The van der Waals surface area contributed by atoms with E-state index >= 15 is 0 Å². The van der Waals surface area contributed by atoms with Gasteiger partial charge in [0.1, 0.15) is 17.3 Å². The summed E-state index contributed by atoms with van der Waals surface area (Å²) in [6, 6.07) is 3.26. The van der Waals surface area contributed by atoms with Crippen molar-refractivity contribution < 1.29 is 23.1 Å². The molecule has 0 aliphatic rings. The largest absolute Gasteiger partial charge is 0.465 e. The van der Waals surface area contributed by atoms with Gasteiger partial charge in [0.15, 0.2) is 0 Å². The van der Waals surface area contributed by atoms with Crippen LogP contribution in [-0.2, 0) is 14.3 Å². The van der Waals surface area contributed by atoms with Crippen LogP contribution in [0.15, 0.2) is 18.2 Å². The van der Waals surface area contributed by atoms with Gasteiger partial charge in [-0.25, -0.2) is 8.78 Å². The van der Waals surface area contributed by atoms with Gasteiger partial charge in [-0.15, -0.1) is 0 Å². The Bertz CT molecular complexity index is 446. The smallest absolute Gasteiger partial charge is 0.319 e. The summed E-state index contributed by atoms with van der Waals surface area (Å²) >= 11 is 0. The minimum Gasteiger partial charge on any atom is -0.465 e. The monoisotopic (exact) mass is 272 g/mol. The lowest BCUT2D eigenvalue weighted by molar-refractivity contribution is -0.141. The van der Waals surface area contributed by atoms with Crippen LogP contribution >= 0.6 is 0 Å². The molecule has 5 nitrogen and oxygen atoms in total. The van der Waals surface area contributed by atoms with Crippen LogP contribution in [0.5, 0.6) is 0 Å². The van der Waals surface area contributed by atoms with Crippen LogP contribution in [0.3, 0.4) is 0 Å². The van der Waals surface area contributed by atoms with Crippen LogP contribution in [-0.4, -0.2) is 31.6 Å². The van der Waals surface area contributed by atoms with Gasteiger partial charge in [0.2, 0.25) is 5.91 Å². The van der Waals surface area contributed by atoms with Crippen LogP contribution in [0.2, 0.25) is 0 Å². The summed E-state index contributed by atoms with van der Waals surface area (Å²) in [6.45, 7) is 1.49. The molecule has 1 aromatic carbocycles. The maximum Gasteiger partial charge on any atom is 0.319 e. The predicted molar refractivity (Wildman–Crippen MR) is 64.5 cm³/mol. The first-order chi connectivity index (χ1) is 9.04. The predicted octanol–water partition coefficient (Wildman–Crippen LogP) is 1.06. The number of carbonyl (C=O) groups excluding carboxylic acids is 2. The molecule has 2 N–H and O–H groups in total. The fourth-order valence-corrected chi connectivity index (χ4v) is 1.29. The van der Waals surface area contributed by atoms with Gasteiger partial charge in [-0.05, 0) is 19.1 Å². The Morgan fingerprint density at radius 1 is 1.21 bits per heavy atom. The van der Waals surface area contributed by atoms with Crippen molar-refractivity contribution >= 4 is 17.6 Å². The van der Waals surface area contributed by atoms with Gasteiger partial charge in [0.05, 0.1) is 19.7 Å². The quantitative estimate of drug-likeness (QED) is 0.760. The van der Waals surface area contributed by atoms with Gasteiger partial charge >= 0.3 is 5.97 Å². The van der Waals surface area contributed by atoms with Crippen LogP contribution in [0, 0.1) is 11.6 Å². The van der Waals surface area contributed by atoms with Gasteiger partial charge in [-0.3, -0.25) is 14.9 Å². The topological polar surface area (TPSA) is 67.4 Å². The van der Waals surface area contributed by atoms with Crippen molar-refractivity contribution in [2.75, 3.05) is 25.0 Å². The van der Waals surface area contributed by atoms with Crippen molar-refractivity contribution in [3.05, 3.63) is 29.8 Å². The molecular formula is C12H14F2N2O3. The number of anilines is 1. The maximum absolute atomic E-state index is 13.2. The second kappa shape index (κ2) is 7.42. The molecule has 0 fully saturated rings. The van der Waals surface area contributed by atoms with E-state index in [0.29, 0.717) is 0 Å². The van der Waals surface area contributed by atoms with Crippen molar-refractivity contribution in [2.45, 2.75) is 6.92 Å². The zero-order valence-corrected chi connectivity index (χ0v) is 10.3. The molecule has 1 amide bonds. The highest BCUT2D eigenvalue weighted by molar-refractivity contribution is 5.92. The van der Waals surface area contributed by atoms with E-state index < -0.39 is 29.2 Å². The summed E-state index contributed by atoms with van der Waals surface area (Å²) in [5, 5.41) is 4.58. The first-order valence-electron chi connectivity index (χ1n) is 5.64. The van der Waals surface area contributed by atoms with Gasteiger partial charge < -0.3 is 10.1 Å². The summed E-state index contributed by atoms with van der Waals surface area (Å²) in [5.74, 6) is -2.89. The molecule has 0 spiro atoms. The standard InChI is InChI=1S/C12H14F2N2O3/c1-2-19-11(18)7-15-6-10(17)16-12-8(13)4-3-5-9(12)14/h3-5,15H,2,6-7H2,1H3,(H,16,17). The number of hydrogen-bond donors (Lipinski definition) is 2. The highest BCUT2D eigenvalue weighted by atomic mass is 19.1. The zero-order valence-electron chi connectivity index (χ0n) is 10.3. The average molecular weight is 272 g/mol. The summed E-state index contributed by atoms with van der Waals surface area (Å²) in [6.07, 6.45) is 0. The van der Waals surface area contributed by atoms with E-state index in [1.165, 1.54) is 6.07 Å². The normalized spacial score (nSPS) is 10.1. The number of carbonyl (C=O) groups is 2. The molecule has 19 heavy (non-hydrogen) atoms.